The maximum absolute atomic E-state index is 12.3. The quantitative estimate of drug-likeness (QED) is 0.906. The smallest absolute Gasteiger partial charge is 0.234 e. The highest BCUT2D eigenvalue weighted by atomic mass is 35.5. The van der Waals surface area contributed by atoms with Crippen molar-refractivity contribution < 1.29 is 14.7 Å². The van der Waals surface area contributed by atoms with Gasteiger partial charge in [0, 0.05) is 28.5 Å². The number of nitrogens with zero attached hydrogens (tertiary/aromatic N) is 1. The SMILES string of the molecule is Cc1ccc(Cl)cc1NC(=O)[C@H](C)c1nc(CC(=O)[O-])cs1. The van der Waals surface area contributed by atoms with Gasteiger partial charge >= 0.3 is 0 Å². The van der Waals surface area contributed by atoms with Crippen LogP contribution in [0.3, 0.4) is 0 Å². The molecule has 7 heteroatoms. The molecule has 0 aliphatic rings. The second kappa shape index (κ2) is 6.89. The second-order valence-corrected chi connectivity index (χ2v) is 6.22. The summed E-state index contributed by atoms with van der Waals surface area (Å²) in [5.41, 5.74) is 1.95. The van der Waals surface area contributed by atoms with Crippen LogP contribution in [-0.2, 0) is 16.0 Å². The number of rotatable bonds is 5. The van der Waals surface area contributed by atoms with E-state index in [1.807, 2.05) is 13.0 Å². The molecule has 1 atom stereocenters. The number of halogens is 1. The fraction of sp³-hybridized carbons (Fsp3) is 0.267. The van der Waals surface area contributed by atoms with E-state index in [0.717, 1.165) is 5.56 Å². The van der Waals surface area contributed by atoms with Crippen LogP contribution in [0.5, 0.6) is 0 Å². The lowest BCUT2D eigenvalue weighted by molar-refractivity contribution is -0.304. The minimum atomic E-state index is -1.19. The third-order valence-corrected chi connectivity index (χ3v) is 4.43. The summed E-state index contributed by atoms with van der Waals surface area (Å²) < 4.78 is 0. The number of carbonyl (C=O) groups is 2. The Morgan fingerprint density at radius 3 is 2.86 bits per heavy atom. The Bertz CT molecular complexity index is 715. The predicted molar refractivity (Wildman–Crippen MR) is 84.1 cm³/mol. The molecule has 5 nitrogen and oxygen atoms in total. The van der Waals surface area contributed by atoms with Crippen molar-refractivity contribution in [1.82, 2.24) is 4.98 Å². The number of thiazole rings is 1. The summed E-state index contributed by atoms with van der Waals surface area (Å²) in [5, 5.41) is 16.1. The van der Waals surface area contributed by atoms with Gasteiger partial charge in [0.15, 0.2) is 0 Å². The van der Waals surface area contributed by atoms with Crippen molar-refractivity contribution in [2.24, 2.45) is 0 Å². The van der Waals surface area contributed by atoms with Gasteiger partial charge in [-0.1, -0.05) is 17.7 Å². The Balaban J connectivity index is 2.10. The number of carboxylic acids is 1. The predicted octanol–water partition coefficient (Wildman–Crippen LogP) is 2.14. The van der Waals surface area contributed by atoms with Crippen LogP contribution >= 0.6 is 22.9 Å². The molecular formula is C15H14ClN2O3S-. The van der Waals surface area contributed by atoms with Gasteiger partial charge in [-0.25, -0.2) is 4.98 Å². The number of aliphatic carboxylic acids is 1. The normalized spacial score (nSPS) is 12.0. The lowest BCUT2D eigenvalue weighted by Crippen LogP contribution is -2.24. The van der Waals surface area contributed by atoms with Gasteiger partial charge in [0.1, 0.15) is 5.01 Å². The Labute approximate surface area is 137 Å². The highest BCUT2D eigenvalue weighted by Crippen LogP contribution is 2.25. The van der Waals surface area contributed by atoms with Gasteiger partial charge in [-0.05, 0) is 31.5 Å². The molecule has 0 saturated carbocycles. The first kappa shape index (κ1) is 16.5. The van der Waals surface area contributed by atoms with E-state index in [9.17, 15) is 14.7 Å². The molecule has 116 valence electrons. The zero-order valence-corrected chi connectivity index (χ0v) is 13.6. The van der Waals surface area contributed by atoms with Crippen LogP contribution in [0.15, 0.2) is 23.6 Å². The van der Waals surface area contributed by atoms with Crippen molar-refractivity contribution in [3.8, 4) is 0 Å². The van der Waals surface area contributed by atoms with E-state index in [4.69, 9.17) is 11.6 Å². The topological polar surface area (TPSA) is 82.1 Å². The van der Waals surface area contributed by atoms with Crippen LogP contribution in [0, 0.1) is 6.92 Å². The van der Waals surface area contributed by atoms with Crippen molar-refractivity contribution in [3.05, 3.63) is 44.9 Å². The van der Waals surface area contributed by atoms with Crippen molar-refractivity contribution >= 4 is 40.5 Å². The van der Waals surface area contributed by atoms with Gasteiger partial charge in [-0.2, -0.15) is 0 Å². The summed E-state index contributed by atoms with van der Waals surface area (Å²) in [4.78, 5) is 27.0. The summed E-state index contributed by atoms with van der Waals surface area (Å²) in [6, 6.07) is 5.26. The highest BCUT2D eigenvalue weighted by molar-refractivity contribution is 7.09. The summed E-state index contributed by atoms with van der Waals surface area (Å²) in [6.45, 7) is 3.59. The van der Waals surface area contributed by atoms with Crippen molar-refractivity contribution in [2.45, 2.75) is 26.2 Å². The molecule has 0 radical (unpaired) electrons. The standard InChI is InChI=1S/C15H15ClN2O3S/c1-8-3-4-10(16)5-12(8)18-14(21)9(2)15-17-11(7-22-15)6-13(19)20/h3-5,7,9H,6H2,1-2H3,(H,18,21)(H,19,20)/p-1/t9-/m0/s1. The van der Waals surface area contributed by atoms with Gasteiger partial charge in [0.2, 0.25) is 5.91 Å². The molecule has 0 aliphatic carbocycles. The second-order valence-electron chi connectivity index (χ2n) is 4.90. The molecule has 0 unspecified atom stereocenters. The van der Waals surface area contributed by atoms with E-state index >= 15 is 0 Å². The molecule has 1 aromatic heterocycles. The number of hydrogen-bond donors (Lipinski definition) is 1. The number of carbonyl (C=O) groups excluding carboxylic acids is 2. The van der Waals surface area contributed by atoms with Crippen LogP contribution in [0.2, 0.25) is 5.02 Å². The lowest BCUT2D eigenvalue weighted by Gasteiger charge is -2.12. The van der Waals surface area contributed by atoms with Crippen LogP contribution < -0.4 is 10.4 Å². The van der Waals surface area contributed by atoms with Crippen LogP contribution in [0.1, 0.15) is 29.1 Å². The van der Waals surface area contributed by atoms with Gasteiger partial charge < -0.3 is 15.2 Å². The average Bonchev–Trinajstić information content (AvgIpc) is 2.89. The van der Waals surface area contributed by atoms with Crippen LogP contribution in [-0.4, -0.2) is 16.9 Å². The van der Waals surface area contributed by atoms with Crippen molar-refractivity contribution in [3.63, 3.8) is 0 Å². The number of aromatic nitrogens is 1. The third kappa shape index (κ3) is 4.05. The summed E-state index contributed by atoms with van der Waals surface area (Å²) in [7, 11) is 0. The minimum Gasteiger partial charge on any atom is -0.550 e. The average molecular weight is 338 g/mol. The molecule has 0 bridgehead atoms. The van der Waals surface area contributed by atoms with E-state index in [1.54, 1.807) is 24.4 Å². The molecule has 0 spiro atoms. The molecule has 1 aromatic carbocycles. The van der Waals surface area contributed by atoms with E-state index < -0.39 is 11.9 Å². The van der Waals surface area contributed by atoms with E-state index in [1.165, 1.54) is 11.3 Å². The summed E-state index contributed by atoms with van der Waals surface area (Å²) >= 11 is 7.18. The first-order valence-corrected chi connectivity index (χ1v) is 7.83. The Kier molecular flexibility index (Phi) is 5.15. The number of hydrogen-bond acceptors (Lipinski definition) is 5. The number of carboxylic acid groups (broad SMARTS) is 1. The monoisotopic (exact) mass is 337 g/mol. The van der Waals surface area contributed by atoms with Gasteiger partial charge in [0.05, 0.1) is 11.6 Å². The fourth-order valence-corrected chi connectivity index (χ4v) is 2.88. The van der Waals surface area contributed by atoms with Crippen LogP contribution in [0.25, 0.3) is 0 Å². The summed E-state index contributed by atoms with van der Waals surface area (Å²) in [6.07, 6.45) is -0.252. The Hall–Kier alpha value is -1.92. The molecule has 1 amide bonds. The van der Waals surface area contributed by atoms with Crippen molar-refractivity contribution in [1.29, 1.82) is 0 Å². The van der Waals surface area contributed by atoms with E-state index in [-0.39, 0.29) is 12.3 Å². The van der Waals surface area contributed by atoms with Gasteiger partial charge in [-0.15, -0.1) is 11.3 Å². The zero-order valence-electron chi connectivity index (χ0n) is 12.1. The number of benzene rings is 1. The minimum absolute atomic E-state index is 0.222. The first-order valence-electron chi connectivity index (χ1n) is 6.58. The molecule has 22 heavy (non-hydrogen) atoms. The van der Waals surface area contributed by atoms with Gasteiger partial charge in [-0.3, -0.25) is 4.79 Å². The molecule has 1 N–H and O–H groups in total. The molecule has 1 heterocycles. The molecule has 0 saturated heterocycles. The lowest BCUT2D eigenvalue weighted by atomic mass is 10.1. The number of anilines is 1. The van der Waals surface area contributed by atoms with Crippen LogP contribution in [0.4, 0.5) is 5.69 Å². The maximum atomic E-state index is 12.3. The molecule has 2 rings (SSSR count). The molecule has 0 fully saturated rings. The fourth-order valence-electron chi connectivity index (χ4n) is 1.83. The van der Waals surface area contributed by atoms with Gasteiger partial charge in [0.25, 0.3) is 0 Å². The Morgan fingerprint density at radius 2 is 2.18 bits per heavy atom. The van der Waals surface area contributed by atoms with E-state index in [0.29, 0.717) is 21.4 Å². The first-order chi connectivity index (χ1) is 10.4. The third-order valence-electron chi connectivity index (χ3n) is 3.12. The zero-order chi connectivity index (χ0) is 16.3. The van der Waals surface area contributed by atoms with E-state index in [2.05, 4.69) is 10.3 Å². The largest absolute Gasteiger partial charge is 0.550 e. The Morgan fingerprint density at radius 1 is 1.45 bits per heavy atom. The molecule has 2 aromatic rings. The number of nitrogens with one attached hydrogen (secondary N) is 1. The maximum Gasteiger partial charge on any atom is 0.234 e. The number of amides is 1. The van der Waals surface area contributed by atoms with Crippen molar-refractivity contribution in [2.75, 3.05) is 5.32 Å². The highest BCUT2D eigenvalue weighted by Gasteiger charge is 2.19. The molecule has 0 aliphatic heterocycles. The number of aryl methyl sites for hydroxylation is 1. The summed E-state index contributed by atoms with van der Waals surface area (Å²) in [5.74, 6) is -1.90. The molecular weight excluding hydrogens is 324 g/mol.